The van der Waals surface area contributed by atoms with Crippen LogP contribution in [0, 0.1) is 13.8 Å². The Bertz CT molecular complexity index is 798. The number of amides is 1. The van der Waals surface area contributed by atoms with Gasteiger partial charge in [0, 0.05) is 36.2 Å². The molecule has 0 radical (unpaired) electrons. The minimum Gasteiger partial charge on any atom is -0.372 e. The number of hydrogen-bond acceptors (Lipinski definition) is 5. The van der Waals surface area contributed by atoms with Gasteiger partial charge in [0.05, 0.1) is 31.5 Å². The normalized spacial score (nSPS) is 21.1. The third-order valence-corrected chi connectivity index (χ3v) is 5.21. The van der Waals surface area contributed by atoms with Gasteiger partial charge >= 0.3 is 0 Å². The fourth-order valence-corrected chi connectivity index (χ4v) is 3.97. The molecule has 2 aliphatic heterocycles. The van der Waals surface area contributed by atoms with Crippen LogP contribution in [0.3, 0.4) is 0 Å². The lowest BCUT2D eigenvalue weighted by atomic mass is 9.84. The summed E-state index contributed by atoms with van der Waals surface area (Å²) in [5.41, 5.74) is 3.11. The Morgan fingerprint density at radius 2 is 2.07 bits per heavy atom. The first-order valence-corrected chi connectivity index (χ1v) is 9.43. The number of hydrogen-bond donors (Lipinski definition) is 0. The van der Waals surface area contributed by atoms with Crippen LogP contribution in [-0.4, -0.2) is 52.2 Å². The van der Waals surface area contributed by atoms with Crippen LogP contribution in [-0.2, 0) is 16.1 Å². The number of pyridine rings is 2. The smallest absolute Gasteiger partial charge is 0.254 e. The van der Waals surface area contributed by atoms with Crippen molar-refractivity contribution in [2.75, 3.05) is 19.7 Å². The summed E-state index contributed by atoms with van der Waals surface area (Å²) in [7, 11) is 0. The third kappa shape index (κ3) is 4.01. The Labute approximate surface area is 159 Å². The summed E-state index contributed by atoms with van der Waals surface area (Å²) in [6.07, 6.45) is 3.62. The number of ether oxygens (including phenoxy) is 2. The molecular weight excluding hydrogens is 342 g/mol. The van der Waals surface area contributed by atoms with E-state index < -0.39 is 0 Å². The Balaban J connectivity index is 1.33. The van der Waals surface area contributed by atoms with Crippen molar-refractivity contribution >= 4 is 5.91 Å². The van der Waals surface area contributed by atoms with Gasteiger partial charge in [-0.15, -0.1) is 0 Å². The first-order valence-electron chi connectivity index (χ1n) is 9.43. The highest BCUT2D eigenvalue weighted by atomic mass is 16.5. The lowest BCUT2D eigenvalue weighted by Crippen LogP contribution is -2.67. The molecule has 0 saturated carbocycles. The average molecular weight is 367 g/mol. The zero-order valence-electron chi connectivity index (χ0n) is 15.9. The highest BCUT2D eigenvalue weighted by molar-refractivity contribution is 5.95. The van der Waals surface area contributed by atoms with Gasteiger partial charge < -0.3 is 14.4 Å². The summed E-state index contributed by atoms with van der Waals surface area (Å²) in [5, 5.41) is 0. The SMILES string of the molecule is Cc1cc(C(=O)N2CC3(C[C@@H](OCc4ccccn4)CCO3)C2)cc(C)n1. The summed E-state index contributed by atoms with van der Waals surface area (Å²) in [6, 6.07) is 9.53. The molecule has 0 aromatic carbocycles. The van der Waals surface area contributed by atoms with Gasteiger partial charge in [0.25, 0.3) is 5.91 Å². The molecule has 0 N–H and O–H groups in total. The minimum atomic E-state index is -0.264. The van der Waals surface area contributed by atoms with Crippen LogP contribution in [0.2, 0.25) is 0 Å². The van der Waals surface area contributed by atoms with Gasteiger partial charge in [-0.05, 0) is 44.5 Å². The minimum absolute atomic E-state index is 0.0503. The van der Waals surface area contributed by atoms with E-state index in [2.05, 4.69) is 9.97 Å². The van der Waals surface area contributed by atoms with Crippen LogP contribution < -0.4 is 0 Å². The molecule has 1 atom stereocenters. The van der Waals surface area contributed by atoms with Crippen molar-refractivity contribution in [1.82, 2.24) is 14.9 Å². The monoisotopic (exact) mass is 367 g/mol. The number of likely N-dealkylation sites (tertiary alicyclic amines) is 1. The number of carbonyl (C=O) groups excluding carboxylic acids is 1. The van der Waals surface area contributed by atoms with Gasteiger partial charge in [-0.1, -0.05) is 6.07 Å². The Hall–Kier alpha value is -2.31. The van der Waals surface area contributed by atoms with Gasteiger partial charge in [-0.2, -0.15) is 0 Å². The lowest BCUT2D eigenvalue weighted by Gasteiger charge is -2.53. The maximum absolute atomic E-state index is 12.8. The van der Waals surface area contributed by atoms with Gasteiger partial charge in [-0.25, -0.2) is 0 Å². The maximum Gasteiger partial charge on any atom is 0.254 e. The van der Waals surface area contributed by atoms with Gasteiger partial charge in [0.1, 0.15) is 5.60 Å². The standard InChI is InChI=1S/C21H25N3O3/c1-15-9-17(10-16(2)23-15)20(25)24-13-21(14-24)11-19(6-8-27-21)26-12-18-5-3-4-7-22-18/h3-5,7,9-10,19H,6,8,11-14H2,1-2H3/t19-/m0/s1. The molecule has 0 bridgehead atoms. The van der Waals surface area contributed by atoms with E-state index in [9.17, 15) is 4.79 Å². The second kappa shape index (κ2) is 7.37. The molecule has 142 valence electrons. The van der Waals surface area contributed by atoms with E-state index in [1.54, 1.807) is 6.20 Å². The van der Waals surface area contributed by atoms with Gasteiger partial charge in [0.2, 0.25) is 0 Å². The average Bonchev–Trinajstić information content (AvgIpc) is 2.64. The third-order valence-electron chi connectivity index (χ3n) is 5.21. The van der Waals surface area contributed by atoms with Crippen molar-refractivity contribution in [3.05, 3.63) is 59.2 Å². The summed E-state index contributed by atoms with van der Waals surface area (Å²) in [6.45, 7) is 6.25. The highest BCUT2D eigenvalue weighted by Crippen LogP contribution is 2.36. The Kier molecular flexibility index (Phi) is 4.93. The summed E-state index contributed by atoms with van der Waals surface area (Å²) < 4.78 is 12.1. The van der Waals surface area contributed by atoms with Gasteiger partial charge in [0.15, 0.2) is 0 Å². The van der Waals surface area contributed by atoms with Crippen LogP contribution >= 0.6 is 0 Å². The molecule has 2 aromatic heterocycles. The fraction of sp³-hybridized carbons (Fsp3) is 0.476. The van der Waals surface area contributed by atoms with E-state index in [1.807, 2.05) is 49.1 Å². The van der Waals surface area contributed by atoms with Gasteiger partial charge in [-0.3, -0.25) is 14.8 Å². The number of aryl methyl sites for hydroxylation is 2. The first kappa shape index (κ1) is 18.1. The van der Waals surface area contributed by atoms with Crippen molar-refractivity contribution in [3.8, 4) is 0 Å². The molecule has 0 unspecified atom stereocenters. The number of rotatable bonds is 4. The van der Waals surface area contributed by atoms with E-state index in [0.717, 1.165) is 29.9 Å². The zero-order valence-corrected chi connectivity index (χ0v) is 15.9. The quantitative estimate of drug-likeness (QED) is 0.831. The molecule has 4 rings (SSSR count). The Morgan fingerprint density at radius 3 is 2.78 bits per heavy atom. The van der Waals surface area contributed by atoms with E-state index in [-0.39, 0.29) is 17.6 Å². The molecule has 0 aliphatic carbocycles. The lowest BCUT2D eigenvalue weighted by molar-refractivity contribution is -0.188. The Morgan fingerprint density at radius 1 is 1.30 bits per heavy atom. The largest absolute Gasteiger partial charge is 0.372 e. The molecule has 1 spiro atoms. The first-order chi connectivity index (χ1) is 13.0. The zero-order chi connectivity index (χ0) is 18.9. The van der Waals surface area contributed by atoms with Crippen LogP contribution in [0.15, 0.2) is 36.5 Å². The molecule has 2 saturated heterocycles. The number of aromatic nitrogens is 2. The summed E-state index contributed by atoms with van der Waals surface area (Å²) in [5.74, 6) is 0.0503. The second-order valence-electron chi connectivity index (χ2n) is 7.58. The van der Waals surface area contributed by atoms with Crippen molar-refractivity contribution in [1.29, 1.82) is 0 Å². The van der Waals surface area contributed by atoms with Crippen LogP contribution in [0.5, 0.6) is 0 Å². The molecule has 2 aliphatic rings. The molecule has 6 nitrogen and oxygen atoms in total. The van der Waals surface area contributed by atoms with Crippen molar-refractivity contribution in [3.63, 3.8) is 0 Å². The van der Waals surface area contributed by atoms with E-state index in [4.69, 9.17) is 9.47 Å². The fourth-order valence-electron chi connectivity index (χ4n) is 3.97. The molecule has 27 heavy (non-hydrogen) atoms. The second-order valence-corrected chi connectivity index (χ2v) is 7.58. The molecule has 4 heterocycles. The highest BCUT2D eigenvalue weighted by Gasteiger charge is 2.49. The predicted octanol–water partition coefficient (Wildman–Crippen LogP) is 2.68. The van der Waals surface area contributed by atoms with Crippen LogP contribution in [0.25, 0.3) is 0 Å². The summed E-state index contributed by atoms with van der Waals surface area (Å²) in [4.78, 5) is 23.3. The molecule has 2 fully saturated rings. The van der Waals surface area contributed by atoms with Crippen LogP contribution in [0.1, 0.15) is 40.3 Å². The van der Waals surface area contributed by atoms with Crippen molar-refractivity contribution in [2.24, 2.45) is 0 Å². The van der Waals surface area contributed by atoms with E-state index in [0.29, 0.717) is 31.9 Å². The maximum atomic E-state index is 12.8. The van der Waals surface area contributed by atoms with E-state index >= 15 is 0 Å². The topological polar surface area (TPSA) is 64.6 Å². The number of nitrogens with zero attached hydrogens (tertiary/aromatic N) is 3. The van der Waals surface area contributed by atoms with E-state index in [1.165, 1.54) is 0 Å². The molecule has 2 aromatic rings. The summed E-state index contributed by atoms with van der Waals surface area (Å²) >= 11 is 0. The molecule has 6 heteroatoms. The van der Waals surface area contributed by atoms with Crippen molar-refractivity contribution in [2.45, 2.75) is 45.0 Å². The predicted molar refractivity (Wildman–Crippen MR) is 100 cm³/mol. The molecular formula is C21H25N3O3. The van der Waals surface area contributed by atoms with Crippen molar-refractivity contribution < 1.29 is 14.3 Å². The number of carbonyl (C=O) groups is 1. The molecule has 1 amide bonds. The van der Waals surface area contributed by atoms with Crippen LogP contribution in [0.4, 0.5) is 0 Å².